The molecule has 0 spiro atoms. The second-order valence-corrected chi connectivity index (χ2v) is 2.29. The molecule has 0 heterocycles. The molecule has 0 aromatic heterocycles. The molecule has 0 radical (unpaired) electrons. The molecule has 0 rings (SSSR count). The summed E-state index contributed by atoms with van der Waals surface area (Å²) >= 11 is 5.61. The van der Waals surface area contributed by atoms with E-state index < -0.39 is 0 Å². The molecule has 1 nitrogen and oxygen atoms in total. The number of hydrogen-bond donors (Lipinski definition) is 1. The van der Waals surface area contributed by atoms with Crippen molar-refractivity contribution in [3.8, 4) is 0 Å². The first kappa shape index (κ1) is 9.31. The summed E-state index contributed by atoms with van der Waals surface area (Å²) in [6, 6.07) is 0. The van der Waals surface area contributed by atoms with Crippen molar-refractivity contribution >= 4 is 11.6 Å². The number of halogens is 1. The van der Waals surface area contributed by atoms with E-state index in [0.717, 1.165) is 12.1 Å². The molecule has 2 heteroatoms. The molecule has 0 bridgehead atoms. The molecule has 10 heavy (non-hydrogen) atoms. The Kier molecular flexibility index (Phi) is 4.77. The molecule has 0 fully saturated rings. The maximum Gasteiger partial charge on any atom is 0.0400 e. The van der Waals surface area contributed by atoms with Crippen molar-refractivity contribution in [3.05, 3.63) is 35.5 Å². The molecule has 56 valence electrons. The van der Waals surface area contributed by atoms with Crippen molar-refractivity contribution in [2.24, 2.45) is 5.73 Å². The van der Waals surface area contributed by atoms with Gasteiger partial charge in [0.15, 0.2) is 0 Å². The lowest BCUT2D eigenvalue weighted by Crippen LogP contribution is -1.92. The summed E-state index contributed by atoms with van der Waals surface area (Å²) in [6.45, 7) is 5.48. The van der Waals surface area contributed by atoms with E-state index in [4.69, 9.17) is 17.3 Å². The SMILES string of the molecule is C=C/C(Cl)=C\C=C(/N)CC. The van der Waals surface area contributed by atoms with Crippen LogP contribution in [0.5, 0.6) is 0 Å². The number of allylic oxidation sites excluding steroid dienone is 5. The highest BCUT2D eigenvalue weighted by Gasteiger charge is 1.81. The fourth-order valence-electron chi connectivity index (χ4n) is 0.373. The van der Waals surface area contributed by atoms with Gasteiger partial charge in [-0.1, -0.05) is 31.2 Å². The molecule has 2 N–H and O–H groups in total. The number of hydrogen-bond acceptors (Lipinski definition) is 1. The zero-order valence-electron chi connectivity index (χ0n) is 6.10. The van der Waals surface area contributed by atoms with E-state index in [2.05, 4.69) is 6.58 Å². The highest BCUT2D eigenvalue weighted by Crippen LogP contribution is 2.02. The first-order chi connectivity index (χ1) is 4.70. The van der Waals surface area contributed by atoms with Crippen molar-refractivity contribution in [1.82, 2.24) is 0 Å². The van der Waals surface area contributed by atoms with Gasteiger partial charge in [-0.25, -0.2) is 0 Å². The van der Waals surface area contributed by atoms with Crippen LogP contribution in [-0.4, -0.2) is 0 Å². The lowest BCUT2D eigenvalue weighted by atomic mass is 10.3. The van der Waals surface area contributed by atoms with Crippen LogP contribution < -0.4 is 5.73 Å². The lowest BCUT2D eigenvalue weighted by Gasteiger charge is -1.90. The molecule has 0 aliphatic rings. The van der Waals surface area contributed by atoms with Gasteiger partial charge in [-0.15, -0.1) is 0 Å². The molecule has 0 saturated heterocycles. The normalized spacial score (nSPS) is 13.4. The van der Waals surface area contributed by atoms with Crippen LogP contribution in [0.25, 0.3) is 0 Å². The molecule has 0 unspecified atom stereocenters. The van der Waals surface area contributed by atoms with Crippen molar-refractivity contribution in [2.45, 2.75) is 13.3 Å². The lowest BCUT2D eigenvalue weighted by molar-refractivity contribution is 1.07. The van der Waals surface area contributed by atoms with Crippen LogP contribution in [0.1, 0.15) is 13.3 Å². The Morgan fingerprint density at radius 3 is 2.60 bits per heavy atom. The van der Waals surface area contributed by atoms with Crippen LogP contribution in [0.3, 0.4) is 0 Å². The average molecular weight is 158 g/mol. The van der Waals surface area contributed by atoms with Crippen LogP contribution in [0, 0.1) is 0 Å². The zero-order valence-corrected chi connectivity index (χ0v) is 6.86. The molecule has 0 aromatic rings. The first-order valence-electron chi connectivity index (χ1n) is 3.15. The molecule has 0 amide bonds. The van der Waals surface area contributed by atoms with Gasteiger partial charge in [0.25, 0.3) is 0 Å². The Balaban J connectivity index is 4.03. The minimum absolute atomic E-state index is 0.608. The van der Waals surface area contributed by atoms with Gasteiger partial charge in [0.1, 0.15) is 0 Å². The molecule has 0 aliphatic heterocycles. The Bertz CT molecular complexity index is 168. The smallest absolute Gasteiger partial charge is 0.0400 e. The first-order valence-corrected chi connectivity index (χ1v) is 3.52. The number of nitrogens with two attached hydrogens (primary N) is 1. The van der Waals surface area contributed by atoms with Crippen LogP contribution in [-0.2, 0) is 0 Å². The molecular weight excluding hydrogens is 146 g/mol. The van der Waals surface area contributed by atoms with E-state index in [1.807, 2.05) is 6.92 Å². The van der Waals surface area contributed by atoms with E-state index in [1.54, 1.807) is 18.2 Å². The third-order valence-electron chi connectivity index (χ3n) is 1.06. The van der Waals surface area contributed by atoms with E-state index in [9.17, 15) is 0 Å². The quantitative estimate of drug-likeness (QED) is 0.627. The zero-order chi connectivity index (χ0) is 7.98. The average Bonchev–Trinajstić information content (AvgIpc) is 1.99. The van der Waals surface area contributed by atoms with Gasteiger partial charge in [-0.3, -0.25) is 0 Å². The van der Waals surface area contributed by atoms with Crippen molar-refractivity contribution in [2.75, 3.05) is 0 Å². The van der Waals surface area contributed by atoms with Crippen molar-refractivity contribution < 1.29 is 0 Å². The second-order valence-electron chi connectivity index (χ2n) is 1.85. The van der Waals surface area contributed by atoms with Gasteiger partial charge < -0.3 is 5.73 Å². The van der Waals surface area contributed by atoms with Crippen LogP contribution in [0.2, 0.25) is 0 Å². The van der Waals surface area contributed by atoms with Crippen LogP contribution >= 0.6 is 11.6 Å². The predicted octanol–water partition coefficient (Wildman–Crippen LogP) is 2.55. The van der Waals surface area contributed by atoms with Gasteiger partial charge in [-0.2, -0.15) is 0 Å². The summed E-state index contributed by atoms with van der Waals surface area (Å²) in [5.41, 5.74) is 6.32. The van der Waals surface area contributed by atoms with Crippen LogP contribution in [0.4, 0.5) is 0 Å². The van der Waals surface area contributed by atoms with Crippen molar-refractivity contribution in [1.29, 1.82) is 0 Å². The summed E-state index contributed by atoms with van der Waals surface area (Å²) in [6.07, 6.45) is 5.93. The Morgan fingerprint density at radius 2 is 2.20 bits per heavy atom. The summed E-state index contributed by atoms with van der Waals surface area (Å²) in [4.78, 5) is 0. The monoisotopic (exact) mass is 157 g/mol. The van der Waals surface area contributed by atoms with Gasteiger partial charge in [0.05, 0.1) is 0 Å². The summed E-state index contributed by atoms with van der Waals surface area (Å²) in [7, 11) is 0. The standard InChI is InChI=1S/C8H12ClN/c1-3-7(9)5-6-8(10)4-2/h3,5-6H,1,4,10H2,2H3/b7-5+,8-6-. The summed E-state index contributed by atoms with van der Waals surface area (Å²) in [5, 5.41) is 0.608. The largest absolute Gasteiger partial charge is 0.402 e. The second kappa shape index (κ2) is 5.12. The summed E-state index contributed by atoms with van der Waals surface area (Å²) < 4.78 is 0. The van der Waals surface area contributed by atoms with E-state index in [0.29, 0.717) is 5.03 Å². The minimum Gasteiger partial charge on any atom is -0.402 e. The van der Waals surface area contributed by atoms with E-state index in [-0.39, 0.29) is 0 Å². The number of rotatable bonds is 3. The fraction of sp³-hybridized carbons (Fsp3) is 0.250. The van der Waals surface area contributed by atoms with Gasteiger partial charge in [0.2, 0.25) is 0 Å². The third kappa shape index (κ3) is 4.21. The van der Waals surface area contributed by atoms with Crippen LogP contribution in [0.15, 0.2) is 35.5 Å². The van der Waals surface area contributed by atoms with E-state index in [1.165, 1.54) is 0 Å². The van der Waals surface area contributed by atoms with E-state index >= 15 is 0 Å². The molecule has 0 aliphatic carbocycles. The molecule has 0 saturated carbocycles. The Hall–Kier alpha value is -0.690. The highest BCUT2D eigenvalue weighted by atomic mass is 35.5. The Labute approximate surface area is 66.9 Å². The maximum absolute atomic E-state index is 5.61. The Morgan fingerprint density at radius 1 is 1.60 bits per heavy atom. The minimum atomic E-state index is 0.608. The molecule has 0 aromatic carbocycles. The molecule has 0 atom stereocenters. The predicted molar refractivity (Wildman–Crippen MR) is 46.7 cm³/mol. The fourth-order valence-corrected chi connectivity index (χ4v) is 0.436. The highest BCUT2D eigenvalue weighted by molar-refractivity contribution is 6.31. The summed E-state index contributed by atoms with van der Waals surface area (Å²) in [5.74, 6) is 0. The van der Waals surface area contributed by atoms with Crippen molar-refractivity contribution in [3.63, 3.8) is 0 Å². The molecular formula is C8H12ClN. The third-order valence-corrected chi connectivity index (χ3v) is 1.34. The van der Waals surface area contributed by atoms with Gasteiger partial charge in [-0.05, 0) is 18.6 Å². The maximum atomic E-state index is 5.61. The topological polar surface area (TPSA) is 26.0 Å². The van der Waals surface area contributed by atoms with Gasteiger partial charge >= 0.3 is 0 Å². The van der Waals surface area contributed by atoms with Gasteiger partial charge in [0, 0.05) is 10.7 Å².